The molecule has 1 N–H and O–H groups in total. The van der Waals surface area contributed by atoms with Crippen molar-refractivity contribution in [3.05, 3.63) is 61.7 Å². The first kappa shape index (κ1) is 15.7. The monoisotopic (exact) mass is 418 g/mol. The zero-order valence-corrected chi connectivity index (χ0v) is 13.9. The van der Waals surface area contributed by atoms with E-state index in [1.165, 1.54) is 12.1 Å². The van der Waals surface area contributed by atoms with E-state index in [0.29, 0.717) is 11.3 Å². The summed E-state index contributed by atoms with van der Waals surface area (Å²) >= 11 is 2.07. The molecule has 2 aromatic carbocycles. The summed E-state index contributed by atoms with van der Waals surface area (Å²) in [7, 11) is -3.87. The number of halogens is 1. The molecule has 0 aliphatic heterocycles. The lowest BCUT2D eigenvalue weighted by atomic mass is 10.2. The third kappa shape index (κ3) is 3.70. The van der Waals surface area contributed by atoms with Crippen molar-refractivity contribution in [3.63, 3.8) is 0 Å². The van der Waals surface area contributed by atoms with Crippen LogP contribution in [-0.4, -0.2) is 13.3 Å². The maximum atomic E-state index is 12.4. The van der Waals surface area contributed by atoms with Crippen LogP contribution in [0, 0.1) is 20.6 Å². The Kier molecular flexibility index (Phi) is 4.47. The Hall–Kier alpha value is -1.68. The fraction of sp³-hybridized carbons (Fsp3) is 0.0769. The Labute approximate surface area is 135 Å². The topological polar surface area (TPSA) is 89.3 Å². The largest absolute Gasteiger partial charge is 0.280 e. The minimum absolute atomic E-state index is 0.101. The molecule has 0 atom stereocenters. The van der Waals surface area contributed by atoms with Gasteiger partial charge in [-0.3, -0.25) is 14.8 Å². The van der Waals surface area contributed by atoms with E-state index in [0.717, 1.165) is 9.64 Å². The lowest BCUT2D eigenvalue weighted by molar-refractivity contribution is -0.385. The highest BCUT2D eigenvalue weighted by atomic mass is 127. The minimum atomic E-state index is -3.87. The maximum Gasteiger partial charge on any atom is 0.270 e. The van der Waals surface area contributed by atoms with Gasteiger partial charge in [-0.1, -0.05) is 12.1 Å². The third-order valence-corrected chi connectivity index (χ3v) is 4.94. The smallest absolute Gasteiger partial charge is 0.270 e. The maximum absolute atomic E-state index is 12.4. The van der Waals surface area contributed by atoms with Crippen LogP contribution in [0.15, 0.2) is 47.4 Å². The van der Waals surface area contributed by atoms with E-state index in [9.17, 15) is 18.5 Å². The van der Waals surface area contributed by atoms with Gasteiger partial charge in [-0.25, -0.2) is 8.42 Å². The number of nitro benzene ring substituents is 1. The summed E-state index contributed by atoms with van der Waals surface area (Å²) < 4.78 is 28.1. The Morgan fingerprint density at radius 3 is 2.52 bits per heavy atom. The summed E-state index contributed by atoms with van der Waals surface area (Å²) in [5.74, 6) is 0. The summed E-state index contributed by atoms with van der Waals surface area (Å²) in [5.41, 5.74) is 0.593. The van der Waals surface area contributed by atoms with E-state index in [4.69, 9.17) is 0 Å². The molecular weight excluding hydrogens is 407 g/mol. The van der Waals surface area contributed by atoms with Crippen LogP contribution in [-0.2, 0) is 10.0 Å². The number of non-ortho nitro benzene ring substituents is 1. The van der Waals surface area contributed by atoms with Gasteiger partial charge < -0.3 is 0 Å². The average Bonchev–Trinajstić information content (AvgIpc) is 2.38. The molecule has 0 amide bonds. The number of nitrogens with one attached hydrogen (secondary N) is 1. The SMILES string of the molecule is Cc1ccc([N+](=O)[O-])cc1S(=O)(=O)Nc1cccc(I)c1. The molecule has 8 heteroatoms. The Balaban J connectivity index is 2.44. The van der Waals surface area contributed by atoms with E-state index in [1.54, 1.807) is 25.1 Å². The van der Waals surface area contributed by atoms with Crippen LogP contribution < -0.4 is 4.72 Å². The summed E-state index contributed by atoms with van der Waals surface area (Å²) in [5, 5.41) is 10.8. The van der Waals surface area contributed by atoms with Crippen LogP contribution in [0.1, 0.15) is 5.56 Å². The van der Waals surface area contributed by atoms with E-state index in [-0.39, 0.29) is 10.6 Å². The van der Waals surface area contributed by atoms with Crippen molar-refractivity contribution < 1.29 is 13.3 Å². The van der Waals surface area contributed by atoms with Gasteiger partial charge in [-0.2, -0.15) is 0 Å². The minimum Gasteiger partial charge on any atom is -0.280 e. The van der Waals surface area contributed by atoms with Gasteiger partial charge >= 0.3 is 0 Å². The predicted octanol–water partition coefficient (Wildman–Crippen LogP) is 3.31. The number of rotatable bonds is 4. The molecule has 6 nitrogen and oxygen atoms in total. The highest BCUT2D eigenvalue weighted by molar-refractivity contribution is 14.1. The molecule has 0 fully saturated rings. The predicted molar refractivity (Wildman–Crippen MR) is 87.8 cm³/mol. The molecule has 110 valence electrons. The van der Waals surface area contributed by atoms with Crippen molar-refractivity contribution in [2.24, 2.45) is 0 Å². The highest BCUT2D eigenvalue weighted by Crippen LogP contribution is 2.24. The Morgan fingerprint density at radius 1 is 1.19 bits per heavy atom. The van der Waals surface area contributed by atoms with E-state index in [2.05, 4.69) is 27.3 Å². The number of nitrogens with zero attached hydrogens (tertiary/aromatic N) is 1. The molecule has 0 saturated heterocycles. The first-order chi connectivity index (χ1) is 9.79. The number of benzene rings is 2. The lowest BCUT2D eigenvalue weighted by Crippen LogP contribution is -2.14. The fourth-order valence-electron chi connectivity index (χ4n) is 1.75. The molecular formula is C13H11IN2O4S. The molecule has 0 heterocycles. The van der Waals surface area contributed by atoms with Crippen LogP contribution in [0.2, 0.25) is 0 Å². The van der Waals surface area contributed by atoms with Gasteiger partial charge in [0.2, 0.25) is 0 Å². The van der Waals surface area contributed by atoms with Gasteiger partial charge in [0.1, 0.15) is 0 Å². The van der Waals surface area contributed by atoms with Crippen molar-refractivity contribution in [3.8, 4) is 0 Å². The van der Waals surface area contributed by atoms with Gasteiger partial charge in [0.25, 0.3) is 15.7 Å². The summed E-state index contributed by atoms with van der Waals surface area (Å²) in [4.78, 5) is 10.1. The molecule has 2 rings (SSSR count). The van der Waals surface area contributed by atoms with Crippen LogP contribution in [0.5, 0.6) is 0 Å². The Bertz CT molecular complexity index is 806. The van der Waals surface area contributed by atoms with Crippen LogP contribution in [0.4, 0.5) is 11.4 Å². The van der Waals surface area contributed by atoms with E-state index < -0.39 is 14.9 Å². The first-order valence-electron chi connectivity index (χ1n) is 5.83. The van der Waals surface area contributed by atoms with Gasteiger partial charge in [0, 0.05) is 21.4 Å². The van der Waals surface area contributed by atoms with Crippen molar-refractivity contribution in [1.82, 2.24) is 0 Å². The number of hydrogen-bond acceptors (Lipinski definition) is 4. The number of nitro groups is 1. The fourth-order valence-corrected chi connectivity index (χ4v) is 3.61. The number of hydrogen-bond donors (Lipinski definition) is 1. The Morgan fingerprint density at radius 2 is 1.90 bits per heavy atom. The summed E-state index contributed by atoms with van der Waals surface area (Å²) in [6.45, 7) is 1.59. The van der Waals surface area contributed by atoms with Gasteiger partial charge in [-0.05, 0) is 53.3 Å². The van der Waals surface area contributed by atoms with Gasteiger partial charge in [0.15, 0.2) is 0 Å². The molecule has 21 heavy (non-hydrogen) atoms. The molecule has 0 unspecified atom stereocenters. The second kappa shape index (κ2) is 5.98. The summed E-state index contributed by atoms with van der Waals surface area (Å²) in [6.07, 6.45) is 0. The van der Waals surface area contributed by atoms with E-state index in [1.807, 2.05) is 6.07 Å². The molecule has 0 spiro atoms. The number of sulfonamides is 1. The molecule has 0 radical (unpaired) electrons. The second-order valence-electron chi connectivity index (χ2n) is 4.32. The average molecular weight is 418 g/mol. The first-order valence-corrected chi connectivity index (χ1v) is 8.39. The molecule has 0 aliphatic carbocycles. The second-order valence-corrected chi connectivity index (χ2v) is 7.22. The van der Waals surface area contributed by atoms with Crippen molar-refractivity contribution in [2.45, 2.75) is 11.8 Å². The van der Waals surface area contributed by atoms with Gasteiger partial charge in [-0.15, -0.1) is 0 Å². The zero-order chi connectivity index (χ0) is 15.6. The molecule has 2 aromatic rings. The number of aryl methyl sites for hydroxylation is 1. The van der Waals surface area contributed by atoms with Crippen LogP contribution in [0.3, 0.4) is 0 Å². The number of anilines is 1. The van der Waals surface area contributed by atoms with Crippen LogP contribution in [0.25, 0.3) is 0 Å². The van der Waals surface area contributed by atoms with Crippen molar-refractivity contribution in [2.75, 3.05) is 4.72 Å². The summed E-state index contributed by atoms with van der Waals surface area (Å²) in [6, 6.07) is 10.6. The standard InChI is InChI=1S/C13H11IN2O4S/c1-9-5-6-12(16(17)18)8-13(9)21(19,20)15-11-4-2-3-10(14)7-11/h2-8,15H,1H3. The van der Waals surface area contributed by atoms with Crippen molar-refractivity contribution in [1.29, 1.82) is 0 Å². The normalized spacial score (nSPS) is 11.1. The van der Waals surface area contributed by atoms with Crippen LogP contribution >= 0.6 is 22.6 Å². The molecule has 0 bridgehead atoms. The quantitative estimate of drug-likeness (QED) is 0.469. The highest BCUT2D eigenvalue weighted by Gasteiger charge is 2.20. The van der Waals surface area contributed by atoms with Gasteiger partial charge in [0.05, 0.1) is 9.82 Å². The molecule has 0 saturated carbocycles. The van der Waals surface area contributed by atoms with E-state index >= 15 is 0 Å². The lowest BCUT2D eigenvalue weighted by Gasteiger charge is -2.10. The molecule has 0 aliphatic rings. The zero-order valence-electron chi connectivity index (χ0n) is 10.9. The van der Waals surface area contributed by atoms with Crippen molar-refractivity contribution >= 4 is 44.0 Å². The third-order valence-electron chi connectivity index (χ3n) is 2.75. The molecule has 0 aromatic heterocycles.